The van der Waals surface area contributed by atoms with Gasteiger partial charge in [0.25, 0.3) is 5.91 Å². The van der Waals surface area contributed by atoms with Crippen molar-refractivity contribution in [2.24, 2.45) is 5.92 Å². The molecular formula is C19H21ClN2O2S. The van der Waals surface area contributed by atoms with E-state index in [1.165, 1.54) is 4.88 Å². The zero-order valence-corrected chi connectivity index (χ0v) is 15.9. The van der Waals surface area contributed by atoms with E-state index in [9.17, 15) is 9.59 Å². The van der Waals surface area contributed by atoms with Gasteiger partial charge in [0.1, 0.15) is 0 Å². The molecule has 1 aromatic carbocycles. The molecule has 0 fully saturated rings. The minimum Gasteiger partial charge on any atom is -0.352 e. The molecule has 0 saturated heterocycles. The van der Waals surface area contributed by atoms with Crippen LogP contribution < -0.4 is 5.32 Å². The first kappa shape index (κ1) is 18.0. The highest BCUT2D eigenvalue weighted by Crippen LogP contribution is 2.33. The molecule has 0 unspecified atom stereocenters. The van der Waals surface area contributed by atoms with Crippen LogP contribution in [0.15, 0.2) is 30.3 Å². The Kier molecular flexibility index (Phi) is 5.45. The maximum absolute atomic E-state index is 12.5. The van der Waals surface area contributed by atoms with Crippen LogP contribution in [0, 0.1) is 5.92 Å². The van der Waals surface area contributed by atoms with Crippen LogP contribution in [0.4, 0.5) is 0 Å². The number of amides is 2. The average Bonchev–Trinajstić information content (AvgIpc) is 3.02. The second-order valence-corrected chi connectivity index (χ2v) is 8.12. The lowest BCUT2D eigenvalue weighted by Gasteiger charge is -2.21. The van der Waals surface area contributed by atoms with Gasteiger partial charge in [0.15, 0.2) is 0 Å². The van der Waals surface area contributed by atoms with Crippen LogP contribution in [0.25, 0.3) is 0 Å². The van der Waals surface area contributed by atoms with Crippen molar-refractivity contribution in [3.63, 3.8) is 0 Å². The van der Waals surface area contributed by atoms with Gasteiger partial charge in [-0.15, -0.1) is 11.3 Å². The molecular weight excluding hydrogens is 356 g/mol. The molecule has 0 saturated carbocycles. The number of carbonyl (C=O) groups excluding carboxylic acids is 2. The summed E-state index contributed by atoms with van der Waals surface area (Å²) in [6.07, 6.45) is 2.38. The van der Waals surface area contributed by atoms with Crippen molar-refractivity contribution >= 4 is 34.8 Å². The summed E-state index contributed by atoms with van der Waals surface area (Å²) in [4.78, 5) is 28.2. The lowest BCUT2D eigenvalue weighted by Crippen LogP contribution is -2.33. The molecule has 1 aliphatic carbocycles. The van der Waals surface area contributed by atoms with E-state index in [0.29, 0.717) is 18.0 Å². The summed E-state index contributed by atoms with van der Waals surface area (Å²) >= 11 is 7.53. The van der Waals surface area contributed by atoms with E-state index in [-0.39, 0.29) is 17.7 Å². The third-order valence-electron chi connectivity index (χ3n) is 4.43. The molecule has 1 atom stereocenters. The van der Waals surface area contributed by atoms with Gasteiger partial charge in [-0.05, 0) is 48.6 Å². The molecule has 2 aromatic rings. The van der Waals surface area contributed by atoms with Crippen molar-refractivity contribution < 1.29 is 9.59 Å². The van der Waals surface area contributed by atoms with Crippen molar-refractivity contribution in [1.29, 1.82) is 0 Å². The molecule has 0 bridgehead atoms. The van der Waals surface area contributed by atoms with E-state index in [1.807, 2.05) is 30.3 Å². The third-order valence-corrected chi connectivity index (χ3v) is 5.89. The van der Waals surface area contributed by atoms with E-state index in [2.05, 4.69) is 5.32 Å². The maximum atomic E-state index is 12.5. The average molecular weight is 377 g/mol. The third kappa shape index (κ3) is 4.22. The molecule has 2 amide bonds. The summed E-state index contributed by atoms with van der Waals surface area (Å²) in [7, 11) is 3.51. The fraction of sp³-hybridized carbons (Fsp3) is 0.368. The van der Waals surface area contributed by atoms with Gasteiger partial charge >= 0.3 is 0 Å². The topological polar surface area (TPSA) is 49.4 Å². The maximum Gasteiger partial charge on any atom is 0.263 e. The standard InChI is InChI=1S/C19H21ClN2O2S/c1-22(2)19(24)17-10-14-9-13(6-7-16(14)25-17)18(23)21-11-12-4-3-5-15(20)8-12/h3-5,8,10,13H,6-7,9,11H2,1-2H3,(H,21,23)/t13-/m0/s1. The highest BCUT2D eigenvalue weighted by Gasteiger charge is 2.27. The summed E-state index contributed by atoms with van der Waals surface area (Å²) in [5, 5.41) is 3.68. The quantitative estimate of drug-likeness (QED) is 0.887. The largest absolute Gasteiger partial charge is 0.352 e. The number of nitrogens with one attached hydrogen (secondary N) is 1. The predicted molar refractivity (Wildman–Crippen MR) is 101 cm³/mol. The van der Waals surface area contributed by atoms with Crippen LogP contribution >= 0.6 is 22.9 Å². The van der Waals surface area contributed by atoms with Crippen molar-refractivity contribution in [1.82, 2.24) is 10.2 Å². The Bertz CT molecular complexity index is 800. The van der Waals surface area contributed by atoms with Gasteiger partial charge in [0.2, 0.25) is 5.91 Å². The number of hydrogen-bond acceptors (Lipinski definition) is 3. The minimum absolute atomic E-state index is 0.0290. The monoisotopic (exact) mass is 376 g/mol. The Balaban J connectivity index is 1.62. The highest BCUT2D eigenvalue weighted by molar-refractivity contribution is 7.14. The lowest BCUT2D eigenvalue weighted by atomic mass is 9.87. The second-order valence-electron chi connectivity index (χ2n) is 6.55. The zero-order valence-electron chi connectivity index (χ0n) is 14.3. The number of aryl methyl sites for hydroxylation is 1. The lowest BCUT2D eigenvalue weighted by molar-refractivity contribution is -0.125. The van der Waals surface area contributed by atoms with Gasteiger partial charge in [-0.25, -0.2) is 0 Å². The Morgan fingerprint density at radius 3 is 2.84 bits per heavy atom. The summed E-state index contributed by atoms with van der Waals surface area (Å²) in [6, 6.07) is 9.46. The number of fused-ring (bicyclic) bond motifs is 1. The van der Waals surface area contributed by atoms with Crippen molar-refractivity contribution in [3.8, 4) is 0 Å². The molecule has 132 valence electrons. The summed E-state index contributed by atoms with van der Waals surface area (Å²) in [5.74, 6) is 0.0576. The fourth-order valence-electron chi connectivity index (χ4n) is 3.05. The second kappa shape index (κ2) is 7.58. The normalized spacial score (nSPS) is 16.2. The van der Waals surface area contributed by atoms with Gasteiger partial charge in [0, 0.05) is 36.5 Å². The molecule has 1 aromatic heterocycles. The van der Waals surface area contributed by atoms with E-state index >= 15 is 0 Å². The number of carbonyl (C=O) groups is 2. The molecule has 0 spiro atoms. The number of hydrogen-bond donors (Lipinski definition) is 1. The van der Waals surface area contributed by atoms with E-state index in [1.54, 1.807) is 30.3 Å². The molecule has 1 heterocycles. The van der Waals surface area contributed by atoms with Gasteiger partial charge in [-0.2, -0.15) is 0 Å². The van der Waals surface area contributed by atoms with Crippen molar-refractivity contribution in [3.05, 3.63) is 56.2 Å². The molecule has 6 heteroatoms. The van der Waals surface area contributed by atoms with Gasteiger partial charge in [-0.3, -0.25) is 9.59 Å². The molecule has 3 rings (SSSR count). The summed E-state index contributed by atoms with van der Waals surface area (Å²) in [5.41, 5.74) is 2.14. The molecule has 0 radical (unpaired) electrons. The number of nitrogens with zero attached hydrogens (tertiary/aromatic N) is 1. The Morgan fingerprint density at radius 1 is 1.32 bits per heavy atom. The first-order chi connectivity index (χ1) is 11.9. The first-order valence-corrected chi connectivity index (χ1v) is 9.49. The Morgan fingerprint density at radius 2 is 2.12 bits per heavy atom. The summed E-state index contributed by atoms with van der Waals surface area (Å²) < 4.78 is 0. The van der Waals surface area contributed by atoms with Gasteiger partial charge in [-0.1, -0.05) is 23.7 Å². The Labute approximate surface area is 156 Å². The number of halogens is 1. The SMILES string of the molecule is CN(C)C(=O)c1cc2c(s1)CC[C@H](C(=O)NCc1cccc(Cl)c1)C2. The van der Waals surface area contributed by atoms with E-state index in [0.717, 1.165) is 28.8 Å². The number of thiophene rings is 1. The minimum atomic E-state index is -0.0383. The van der Waals surface area contributed by atoms with Gasteiger partial charge in [0.05, 0.1) is 4.88 Å². The van der Waals surface area contributed by atoms with Crippen LogP contribution in [0.2, 0.25) is 5.02 Å². The fourth-order valence-corrected chi connectivity index (χ4v) is 4.50. The predicted octanol–water partition coefficient (Wildman–Crippen LogP) is 3.52. The van der Waals surface area contributed by atoms with Crippen LogP contribution in [-0.4, -0.2) is 30.8 Å². The van der Waals surface area contributed by atoms with Crippen molar-refractivity contribution in [2.75, 3.05) is 14.1 Å². The van der Waals surface area contributed by atoms with Crippen molar-refractivity contribution in [2.45, 2.75) is 25.8 Å². The zero-order chi connectivity index (χ0) is 18.0. The van der Waals surface area contributed by atoms with Gasteiger partial charge < -0.3 is 10.2 Å². The number of benzene rings is 1. The highest BCUT2D eigenvalue weighted by atomic mass is 35.5. The van der Waals surface area contributed by atoms with E-state index in [4.69, 9.17) is 11.6 Å². The first-order valence-electron chi connectivity index (χ1n) is 8.29. The van der Waals surface area contributed by atoms with Crippen LogP contribution in [0.5, 0.6) is 0 Å². The van der Waals surface area contributed by atoms with Crippen LogP contribution in [-0.2, 0) is 24.2 Å². The molecule has 0 aliphatic heterocycles. The summed E-state index contributed by atoms with van der Waals surface area (Å²) in [6.45, 7) is 0.483. The van der Waals surface area contributed by atoms with E-state index < -0.39 is 0 Å². The molecule has 25 heavy (non-hydrogen) atoms. The number of rotatable bonds is 4. The molecule has 1 N–H and O–H groups in total. The van der Waals surface area contributed by atoms with Crippen LogP contribution in [0.1, 0.15) is 32.1 Å². The Hall–Kier alpha value is -1.85. The smallest absolute Gasteiger partial charge is 0.263 e. The molecule has 4 nitrogen and oxygen atoms in total. The van der Waals surface area contributed by atoms with Crippen LogP contribution in [0.3, 0.4) is 0 Å². The molecule has 1 aliphatic rings.